The van der Waals surface area contributed by atoms with Gasteiger partial charge in [-0.05, 0) is 19.8 Å². The number of hydrogen-bond donors (Lipinski definition) is 0. The van der Waals surface area contributed by atoms with E-state index in [-0.39, 0.29) is 0 Å². The van der Waals surface area contributed by atoms with Gasteiger partial charge in [-0.15, -0.1) is 0 Å². The SMILES string of the molecule is CCOCCON1CCCC1. The zero-order valence-corrected chi connectivity index (χ0v) is 7.21. The van der Waals surface area contributed by atoms with E-state index in [9.17, 15) is 0 Å². The Balaban J connectivity index is 1.86. The minimum atomic E-state index is 0.702. The van der Waals surface area contributed by atoms with Crippen molar-refractivity contribution < 1.29 is 9.57 Å². The van der Waals surface area contributed by atoms with Crippen molar-refractivity contribution >= 4 is 0 Å². The molecule has 0 atom stereocenters. The van der Waals surface area contributed by atoms with Crippen LogP contribution in [0.25, 0.3) is 0 Å². The topological polar surface area (TPSA) is 21.7 Å². The Morgan fingerprint density at radius 1 is 1.18 bits per heavy atom. The van der Waals surface area contributed by atoms with Gasteiger partial charge in [-0.2, -0.15) is 5.06 Å². The van der Waals surface area contributed by atoms with Crippen LogP contribution in [0, 0.1) is 0 Å². The smallest absolute Gasteiger partial charge is 0.0918 e. The van der Waals surface area contributed by atoms with Crippen molar-refractivity contribution in [3.63, 3.8) is 0 Å². The van der Waals surface area contributed by atoms with Crippen LogP contribution in [0.1, 0.15) is 19.8 Å². The van der Waals surface area contributed by atoms with Gasteiger partial charge in [-0.1, -0.05) is 0 Å². The first-order chi connectivity index (χ1) is 5.43. The summed E-state index contributed by atoms with van der Waals surface area (Å²) in [4.78, 5) is 5.41. The highest BCUT2D eigenvalue weighted by molar-refractivity contribution is 4.56. The van der Waals surface area contributed by atoms with Crippen LogP contribution in [0.5, 0.6) is 0 Å². The van der Waals surface area contributed by atoms with Gasteiger partial charge in [-0.3, -0.25) is 4.84 Å². The van der Waals surface area contributed by atoms with E-state index in [1.54, 1.807) is 0 Å². The molecule has 1 rings (SSSR count). The van der Waals surface area contributed by atoms with Gasteiger partial charge in [0.1, 0.15) is 0 Å². The molecule has 0 aromatic carbocycles. The third kappa shape index (κ3) is 3.70. The molecule has 1 heterocycles. The quantitative estimate of drug-likeness (QED) is 0.560. The maximum absolute atomic E-state index is 5.41. The number of hydroxylamine groups is 2. The number of ether oxygens (including phenoxy) is 1. The lowest BCUT2D eigenvalue weighted by molar-refractivity contribution is -0.154. The summed E-state index contributed by atoms with van der Waals surface area (Å²) in [5.41, 5.74) is 0. The predicted octanol–water partition coefficient (Wildman–Crippen LogP) is 1.05. The third-order valence-corrected chi connectivity index (χ3v) is 1.77. The fraction of sp³-hybridized carbons (Fsp3) is 1.00. The van der Waals surface area contributed by atoms with E-state index in [1.807, 2.05) is 12.0 Å². The molecule has 3 nitrogen and oxygen atoms in total. The molecule has 3 heteroatoms. The third-order valence-electron chi connectivity index (χ3n) is 1.77. The van der Waals surface area contributed by atoms with Crippen LogP contribution in [0.3, 0.4) is 0 Å². The maximum Gasteiger partial charge on any atom is 0.0918 e. The summed E-state index contributed by atoms with van der Waals surface area (Å²) in [5, 5.41) is 2.03. The van der Waals surface area contributed by atoms with E-state index < -0.39 is 0 Å². The van der Waals surface area contributed by atoms with Crippen molar-refractivity contribution in [2.75, 3.05) is 32.9 Å². The highest BCUT2D eigenvalue weighted by Gasteiger charge is 2.10. The van der Waals surface area contributed by atoms with Crippen LogP contribution in [-0.4, -0.2) is 38.0 Å². The summed E-state index contributed by atoms with van der Waals surface area (Å²) in [5.74, 6) is 0. The Bertz CT molecular complexity index is 92.1. The van der Waals surface area contributed by atoms with Crippen LogP contribution in [0.15, 0.2) is 0 Å². The maximum atomic E-state index is 5.41. The molecule has 0 bridgehead atoms. The monoisotopic (exact) mass is 159 g/mol. The molecule has 0 spiro atoms. The van der Waals surface area contributed by atoms with Crippen molar-refractivity contribution in [1.82, 2.24) is 5.06 Å². The van der Waals surface area contributed by atoms with E-state index in [2.05, 4.69) is 0 Å². The molecule has 0 radical (unpaired) electrons. The van der Waals surface area contributed by atoms with Crippen molar-refractivity contribution in [2.24, 2.45) is 0 Å². The lowest BCUT2D eigenvalue weighted by atomic mass is 10.4. The largest absolute Gasteiger partial charge is 0.379 e. The second-order valence-electron chi connectivity index (χ2n) is 2.67. The zero-order chi connectivity index (χ0) is 7.94. The molecular weight excluding hydrogens is 142 g/mol. The first-order valence-corrected chi connectivity index (χ1v) is 4.39. The molecule has 0 aromatic heterocycles. The summed E-state index contributed by atoms with van der Waals surface area (Å²) in [7, 11) is 0. The Hall–Kier alpha value is -0.120. The van der Waals surface area contributed by atoms with Crippen molar-refractivity contribution in [3.8, 4) is 0 Å². The van der Waals surface area contributed by atoms with Crippen LogP contribution in [0.4, 0.5) is 0 Å². The lowest BCUT2D eigenvalue weighted by Gasteiger charge is -2.13. The number of nitrogens with zero attached hydrogens (tertiary/aromatic N) is 1. The first-order valence-electron chi connectivity index (χ1n) is 4.39. The second kappa shape index (κ2) is 5.52. The minimum absolute atomic E-state index is 0.702. The first kappa shape index (κ1) is 8.97. The second-order valence-corrected chi connectivity index (χ2v) is 2.67. The van der Waals surface area contributed by atoms with Gasteiger partial charge in [-0.25, -0.2) is 0 Å². The van der Waals surface area contributed by atoms with Gasteiger partial charge < -0.3 is 4.74 Å². The summed E-state index contributed by atoms with van der Waals surface area (Å²) in [6, 6.07) is 0. The van der Waals surface area contributed by atoms with E-state index in [0.29, 0.717) is 13.2 Å². The standard InChI is InChI=1S/C8H17NO2/c1-2-10-7-8-11-9-5-3-4-6-9/h2-8H2,1H3. The van der Waals surface area contributed by atoms with Crippen molar-refractivity contribution in [3.05, 3.63) is 0 Å². The molecule has 1 saturated heterocycles. The summed E-state index contributed by atoms with van der Waals surface area (Å²) < 4.78 is 5.14. The van der Waals surface area contributed by atoms with Gasteiger partial charge in [0, 0.05) is 19.7 Å². The number of hydrogen-bond acceptors (Lipinski definition) is 3. The fourth-order valence-corrected chi connectivity index (χ4v) is 1.19. The normalized spacial score (nSPS) is 19.4. The molecule has 0 aromatic rings. The van der Waals surface area contributed by atoms with E-state index in [0.717, 1.165) is 19.7 Å². The minimum Gasteiger partial charge on any atom is -0.379 e. The van der Waals surface area contributed by atoms with Crippen molar-refractivity contribution in [2.45, 2.75) is 19.8 Å². The van der Waals surface area contributed by atoms with Gasteiger partial charge in [0.2, 0.25) is 0 Å². The Kier molecular flexibility index (Phi) is 4.50. The molecule has 0 amide bonds. The van der Waals surface area contributed by atoms with Crippen LogP contribution >= 0.6 is 0 Å². The molecule has 0 aliphatic carbocycles. The summed E-state index contributed by atoms with van der Waals surface area (Å²) in [6.45, 7) is 6.37. The Morgan fingerprint density at radius 2 is 1.91 bits per heavy atom. The van der Waals surface area contributed by atoms with Crippen LogP contribution in [-0.2, 0) is 9.57 Å². The Labute approximate surface area is 68.2 Å². The summed E-state index contributed by atoms with van der Waals surface area (Å²) >= 11 is 0. The van der Waals surface area contributed by atoms with Gasteiger partial charge in [0.05, 0.1) is 13.2 Å². The molecular formula is C8H17NO2. The van der Waals surface area contributed by atoms with Gasteiger partial charge in [0.15, 0.2) is 0 Å². The van der Waals surface area contributed by atoms with Gasteiger partial charge >= 0.3 is 0 Å². The fourth-order valence-electron chi connectivity index (χ4n) is 1.19. The average Bonchev–Trinajstić information content (AvgIpc) is 2.50. The average molecular weight is 159 g/mol. The van der Waals surface area contributed by atoms with E-state index in [1.165, 1.54) is 12.8 Å². The highest BCUT2D eigenvalue weighted by Crippen LogP contribution is 2.06. The van der Waals surface area contributed by atoms with Gasteiger partial charge in [0.25, 0.3) is 0 Å². The summed E-state index contributed by atoms with van der Waals surface area (Å²) in [6.07, 6.45) is 2.54. The number of rotatable bonds is 5. The molecule has 11 heavy (non-hydrogen) atoms. The molecule has 66 valence electrons. The molecule has 1 aliphatic rings. The zero-order valence-electron chi connectivity index (χ0n) is 7.21. The molecule has 0 unspecified atom stereocenters. The molecule has 1 fully saturated rings. The molecule has 0 N–H and O–H groups in total. The van der Waals surface area contributed by atoms with E-state index >= 15 is 0 Å². The van der Waals surface area contributed by atoms with Crippen LogP contribution in [0.2, 0.25) is 0 Å². The van der Waals surface area contributed by atoms with Crippen LogP contribution < -0.4 is 0 Å². The van der Waals surface area contributed by atoms with E-state index in [4.69, 9.17) is 9.57 Å². The molecule has 0 saturated carbocycles. The molecule has 1 aliphatic heterocycles. The highest BCUT2D eigenvalue weighted by atomic mass is 16.7. The Morgan fingerprint density at radius 3 is 2.55 bits per heavy atom. The van der Waals surface area contributed by atoms with Crippen molar-refractivity contribution in [1.29, 1.82) is 0 Å². The lowest BCUT2D eigenvalue weighted by Crippen LogP contribution is -2.22. The predicted molar refractivity (Wildman–Crippen MR) is 43.3 cm³/mol.